The fourth-order valence-electron chi connectivity index (χ4n) is 2.16. The molecule has 112 valence electrons. The van der Waals surface area contributed by atoms with Crippen LogP contribution >= 0.6 is 22.6 Å². The van der Waals surface area contributed by atoms with Crippen molar-refractivity contribution in [1.82, 2.24) is 9.97 Å². The van der Waals surface area contributed by atoms with Gasteiger partial charge in [-0.2, -0.15) is 0 Å². The third-order valence-electron chi connectivity index (χ3n) is 3.31. The summed E-state index contributed by atoms with van der Waals surface area (Å²) in [6.45, 7) is 6.32. The minimum absolute atomic E-state index is 0.352. The van der Waals surface area contributed by atoms with Crippen LogP contribution in [0, 0.1) is 10.5 Å². The van der Waals surface area contributed by atoms with Crippen LogP contribution in [0.25, 0.3) is 11.4 Å². The molecule has 0 amide bonds. The van der Waals surface area contributed by atoms with Gasteiger partial charge in [0.2, 0.25) is 0 Å². The van der Waals surface area contributed by atoms with E-state index in [1.54, 1.807) is 7.11 Å². The van der Waals surface area contributed by atoms with Crippen LogP contribution in [0.2, 0.25) is 0 Å². The van der Waals surface area contributed by atoms with E-state index in [0.717, 1.165) is 37.8 Å². The summed E-state index contributed by atoms with van der Waals surface area (Å²) in [6, 6.07) is 6.02. The number of anilines is 1. The first-order chi connectivity index (χ1) is 9.97. The number of aryl methyl sites for hydroxylation is 1. The van der Waals surface area contributed by atoms with Crippen molar-refractivity contribution in [3.8, 4) is 17.1 Å². The number of halogens is 1. The Morgan fingerprint density at radius 1 is 1.24 bits per heavy atom. The zero-order valence-electron chi connectivity index (χ0n) is 13.0. The molecule has 21 heavy (non-hydrogen) atoms. The Kier molecular flexibility index (Phi) is 5.03. The first-order valence-electron chi connectivity index (χ1n) is 6.88. The number of hydrogen-bond acceptors (Lipinski definition) is 4. The van der Waals surface area contributed by atoms with Crippen molar-refractivity contribution in [3.05, 3.63) is 33.0 Å². The molecule has 0 saturated carbocycles. The highest BCUT2D eigenvalue weighted by Crippen LogP contribution is 2.29. The first-order valence-corrected chi connectivity index (χ1v) is 7.96. The number of benzene rings is 1. The van der Waals surface area contributed by atoms with E-state index in [-0.39, 0.29) is 0 Å². The molecule has 1 N–H and O–H groups in total. The van der Waals surface area contributed by atoms with E-state index in [1.165, 1.54) is 0 Å². The number of nitrogens with one attached hydrogen (secondary N) is 1. The fraction of sp³-hybridized carbons (Fsp3) is 0.375. The third kappa shape index (κ3) is 3.28. The average molecular weight is 397 g/mol. The first kappa shape index (κ1) is 16.0. The molecule has 0 bridgehead atoms. The normalized spacial score (nSPS) is 10.8. The maximum Gasteiger partial charge on any atom is 0.161 e. The van der Waals surface area contributed by atoms with E-state index in [4.69, 9.17) is 9.72 Å². The fourth-order valence-corrected chi connectivity index (χ4v) is 3.29. The predicted octanol–water partition coefficient (Wildman–Crippen LogP) is 4.23. The molecule has 1 heterocycles. The third-order valence-corrected chi connectivity index (χ3v) is 4.38. The van der Waals surface area contributed by atoms with Crippen molar-refractivity contribution in [1.29, 1.82) is 0 Å². The minimum Gasteiger partial charge on any atom is -0.496 e. The van der Waals surface area contributed by atoms with Crippen LogP contribution in [-0.4, -0.2) is 24.1 Å². The van der Waals surface area contributed by atoms with Gasteiger partial charge in [0.25, 0.3) is 0 Å². The molecule has 5 heteroatoms. The number of hydrogen-bond donors (Lipinski definition) is 1. The summed E-state index contributed by atoms with van der Waals surface area (Å²) in [4.78, 5) is 9.38. The Hall–Kier alpha value is -1.37. The van der Waals surface area contributed by atoms with Crippen molar-refractivity contribution in [2.24, 2.45) is 0 Å². The Morgan fingerprint density at radius 2 is 1.95 bits per heavy atom. The zero-order valence-corrected chi connectivity index (χ0v) is 15.1. The molecular formula is C16H20IN3O. The van der Waals surface area contributed by atoms with Gasteiger partial charge in [0.1, 0.15) is 11.6 Å². The van der Waals surface area contributed by atoms with Gasteiger partial charge >= 0.3 is 0 Å². The molecule has 0 aliphatic rings. The van der Waals surface area contributed by atoms with E-state index < -0.39 is 0 Å². The Morgan fingerprint density at radius 3 is 2.48 bits per heavy atom. The molecule has 0 aliphatic carbocycles. The molecule has 2 rings (SSSR count). The smallest absolute Gasteiger partial charge is 0.161 e. The molecule has 0 spiro atoms. The Labute approximate surface area is 139 Å². The highest BCUT2D eigenvalue weighted by atomic mass is 127. The summed E-state index contributed by atoms with van der Waals surface area (Å²) in [5, 5.41) is 3.15. The van der Waals surface area contributed by atoms with Gasteiger partial charge < -0.3 is 10.1 Å². The molecule has 0 aliphatic heterocycles. The standard InChI is InChI=1S/C16H20IN3O/c1-9(2)14-13(17)16(18-4)20-15(19-14)11-6-7-12(21-5)10(3)8-11/h6-9H,1-5H3,(H,18,19,20). The van der Waals surface area contributed by atoms with Crippen LogP contribution < -0.4 is 10.1 Å². The number of methoxy groups -OCH3 is 1. The van der Waals surface area contributed by atoms with Crippen LogP contribution in [0.4, 0.5) is 5.82 Å². The van der Waals surface area contributed by atoms with E-state index in [1.807, 2.05) is 26.1 Å². The van der Waals surface area contributed by atoms with Crippen LogP contribution in [0.3, 0.4) is 0 Å². The topological polar surface area (TPSA) is 47.0 Å². The van der Waals surface area contributed by atoms with Gasteiger partial charge in [0.15, 0.2) is 5.82 Å². The van der Waals surface area contributed by atoms with Gasteiger partial charge in [-0.3, -0.25) is 0 Å². The number of ether oxygens (including phenoxy) is 1. The van der Waals surface area contributed by atoms with Gasteiger partial charge in [-0.05, 0) is 59.2 Å². The summed E-state index contributed by atoms with van der Waals surface area (Å²) >= 11 is 2.30. The van der Waals surface area contributed by atoms with Crippen molar-refractivity contribution in [3.63, 3.8) is 0 Å². The second-order valence-corrected chi connectivity index (χ2v) is 6.26. The summed E-state index contributed by atoms with van der Waals surface area (Å²) in [7, 11) is 3.57. The lowest BCUT2D eigenvalue weighted by Crippen LogP contribution is -2.06. The number of nitrogens with zero attached hydrogens (tertiary/aromatic N) is 2. The van der Waals surface area contributed by atoms with Gasteiger partial charge in [-0.1, -0.05) is 13.8 Å². The minimum atomic E-state index is 0.352. The van der Waals surface area contributed by atoms with Crippen molar-refractivity contribution >= 4 is 28.4 Å². The Bertz CT molecular complexity index is 656. The molecule has 4 nitrogen and oxygen atoms in total. The van der Waals surface area contributed by atoms with Crippen LogP contribution in [0.15, 0.2) is 18.2 Å². The molecule has 0 saturated heterocycles. The maximum atomic E-state index is 5.31. The molecular weight excluding hydrogens is 377 g/mol. The molecule has 1 aromatic heterocycles. The quantitative estimate of drug-likeness (QED) is 0.785. The summed E-state index contributed by atoms with van der Waals surface area (Å²) in [6.07, 6.45) is 0. The van der Waals surface area contributed by atoms with Crippen molar-refractivity contribution in [2.45, 2.75) is 26.7 Å². The van der Waals surface area contributed by atoms with Gasteiger partial charge in [-0.15, -0.1) is 0 Å². The molecule has 1 aromatic carbocycles. The highest BCUT2D eigenvalue weighted by Gasteiger charge is 2.15. The van der Waals surface area contributed by atoms with E-state index in [2.05, 4.69) is 52.8 Å². The van der Waals surface area contributed by atoms with Crippen LogP contribution in [0.1, 0.15) is 31.0 Å². The van der Waals surface area contributed by atoms with Gasteiger partial charge in [0, 0.05) is 12.6 Å². The summed E-state index contributed by atoms with van der Waals surface area (Å²) in [5.41, 5.74) is 3.15. The molecule has 0 radical (unpaired) electrons. The zero-order chi connectivity index (χ0) is 15.6. The van der Waals surface area contributed by atoms with Crippen molar-refractivity contribution < 1.29 is 4.74 Å². The second-order valence-electron chi connectivity index (χ2n) is 5.18. The highest BCUT2D eigenvalue weighted by molar-refractivity contribution is 14.1. The molecule has 0 unspecified atom stereocenters. The lowest BCUT2D eigenvalue weighted by molar-refractivity contribution is 0.412. The van der Waals surface area contributed by atoms with Crippen molar-refractivity contribution in [2.75, 3.05) is 19.5 Å². The van der Waals surface area contributed by atoms with Gasteiger partial charge in [-0.25, -0.2) is 9.97 Å². The van der Waals surface area contributed by atoms with E-state index in [9.17, 15) is 0 Å². The number of aromatic nitrogens is 2. The molecule has 2 aromatic rings. The maximum absolute atomic E-state index is 5.31. The molecule has 0 fully saturated rings. The van der Waals surface area contributed by atoms with Gasteiger partial charge in [0.05, 0.1) is 16.4 Å². The lowest BCUT2D eigenvalue weighted by Gasteiger charge is -2.14. The lowest BCUT2D eigenvalue weighted by atomic mass is 10.1. The predicted molar refractivity (Wildman–Crippen MR) is 95.1 cm³/mol. The second kappa shape index (κ2) is 6.60. The average Bonchev–Trinajstić information content (AvgIpc) is 2.47. The van der Waals surface area contributed by atoms with Crippen LogP contribution in [-0.2, 0) is 0 Å². The van der Waals surface area contributed by atoms with E-state index >= 15 is 0 Å². The van der Waals surface area contributed by atoms with Crippen LogP contribution in [0.5, 0.6) is 5.75 Å². The summed E-state index contributed by atoms with van der Waals surface area (Å²) < 4.78 is 6.39. The monoisotopic (exact) mass is 397 g/mol. The number of rotatable bonds is 4. The SMILES string of the molecule is CNc1nc(-c2ccc(OC)c(C)c2)nc(C(C)C)c1I. The summed E-state index contributed by atoms with van der Waals surface area (Å²) in [5.74, 6) is 2.85. The molecule has 0 atom stereocenters. The Balaban J connectivity index is 2.58. The van der Waals surface area contributed by atoms with E-state index in [0.29, 0.717) is 5.92 Å². The largest absolute Gasteiger partial charge is 0.496 e.